The van der Waals surface area contributed by atoms with Gasteiger partial charge in [0.15, 0.2) is 11.5 Å². The second kappa shape index (κ2) is 6.30. The molecular formula is C16H9BrF2N6O. The van der Waals surface area contributed by atoms with Crippen molar-refractivity contribution in [3.8, 4) is 28.7 Å². The normalized spacial score (nSPS) is 11.0. The first kappa shape index (κ1) is 16.3. The molecule has 0 bridgehead atoms. The lowest BCUT2D eigenvalue weighted by molar-refractivity contribution is 0.430. The van der Waals surface area contributed by atoms with Crippen LogP contribution in [0.2, 0.25) is 0 Å². The lowest BCUT2D eigenvalue weighted by Gasteiger charge is -2.04. The molecule has 0 saturated heterocycles. The highest BCUT2D eigenvalue weighted by Gasteiger charge is 2.21. The Bertz CT molecular complexity index is 1110. The molecule has 2 N–H and O–H groups in total. The molecule has 2 aromatic heterocycles. The molecule has 0 atom stereocenters. The zero-order chi connectivity index (χ0) is 18.3. The fraction of sp³-hybridized carbons (Fsp3) is 0. The van der Waals surface area contributed by atoms with Gasteiger partial charge in [0, 0.05) is 4.47 Å². The minimum Gasteiger partial charge on any atom is -0.382 e. The third kappa shape index (κ3) is 2.73. The average molecular weight is 419 g/mol. The molecule has 26 heavy (non-hydrogen) atoms. The summed E-state index contributed by atoms with van der Waals surface area (Å²) in [6.07, 6.45) is 0. The molecule has 2 aromatic carbocycles. The van der Waals surface area contributed by atoms with Crippen LogP contribution in [0.15, 0.2) is 51.5 Å². The van der Waals surface area contributed by atoms with Crippen molar-refractivity contribution in [2.75, 3.05) is 5.73 Å². The van der Waals surface area contributed by atoms with Crippen LogP contribution in [0.5, 0.6) is 0 Å². The van der Waals surface area contributed by atoms with Crippen molar-refractivity contribution in [2.24, 2.45) is 0 Å². The number of nitrogens with zero attached hydrogens (tertiary/aromatic N) is 5. The number of halogens is 3. The van der Waals surface area contributed by atoms with E-state index >= 15 is 0 Å². The summed E-state index contributed by atoms with van der Waals surface area (Å²) in [5.74, 6) is -1.03. The van der Waals surface area contributed by atoms with Crippen LogP contribution in [0, 0.1) is 11.6 Å². The van der Waals surface area contributed by atoms with Crippen molar-refractivity contribution in [3.05, 3.63) is 58.6 Å². The van der Waals surface area contributed by atoms with Crippen molar-refractivity contribution in [1.29, 1.82) is 0 Å². The minimum atomic E-state index is -0.542. The molecular weight excluding hydrogens is 410 g/mol. The summed E-state index contributed by atoms with van der Waals surface area (Å²) in [6, 6.07) is 10.4. The molecule has 2 heterocycles. The molecule has 0 fully saturated rings. The Hall–Kier alpha value is -3.14. The Kier molecular flexibility index (Phi) is 3.96. The van der Waals surface area contributed by atoms with Gasteiger partial charge < -0.3 is 10.3 Å². The number of nitrogen functional groups attached to an aromatic ring is 1. The van der Waals surface area contributed by atoms with Gasteiger partial charge in [-0.1, -0.05) is 38.4 Å². The molecule has 4 rings (SSSR count). The second-order valence-corrected chi connectivity index (χ2v) is 6.15. The summed E-state index contributed by atoms with van der Waals surface area (Å²) in [4.78, 5) is 4.10. The van der Waals surface area contributed by atoms with E-state index in [1.807, 2.05) is 0 Å². The van der Waals surface area contributed by atoms with Crippen molar-refractivity contribution in [2.45, 2.75) is 0 Å². The first-order valence-electron chi connectivity index (χ1n) is 7.30. The van der Waals surface area contributed by atoms with Gasteiger partial charge in [0.05, 0.1) is 5.56 Å². The molecule has 0 unspecified atom stereocenters. The van der Waals surface area contributed by atoms with Gasteiger partial charge in [-0.25, -0.2) is 8.78 Å². The molecule has 130 valence electrons. The van der Waals surface area contributed by atoms with Gasteiger partial charge in [-0.05, 0) is 30.3 Å². The van der Waals surface area contributed by atoms with Gasteiger partial charge in [-0.15, -0.1) is 5.10 Å². The standard InChI is InChI=1S/C16H9BrF2N6O/c17-8-5-6-12(11(19)7-8)25-14(20)13(22-24-25)16-21-15(23-26-16)9-3-1-2-4-10(9)18/h1-7H,20H2. The lowest BCUT2D eigenvalue weighted by atomic mass is 10.2. The van der Waals surface area contributed by atoms with Crippen molar-refractivity contribution in [1.82, 2.24) is 25.1 Å². The maximum Gasteiger partial charge on any atom is 0.282 e. The highest BCUT2D eigenvalue weighted by Crippen LogP contribution is 2.28. The van der Waals surface area contributed by atoms with E-state index in [0.29, 0.717) is 4.47 Å². The fourth-order valence-electron chi connectivity index (χ4n) is 2.34. The topological polar surface area (TPSA) is 95.7 Å². The van der Waals surface area contributed by atoms with Gasteiger partial charge in [-0.2, -0.15) is 9.67 Å². The first-order chi connectivity index (χ1) is 12.5. The molecule has 0 amide bonds. The molecule has 0 saturated carbocycles. The molecule has 0 radical (unpaired) electrons. The number of aromatic nitrogens is 5. The summed E-state index contributed by atoms with van der Waals surface area (Å²) >= 11 is 3.18. The molecule has 7 nitrogen and oxygen atoms in total. The van der Waals surface area contributed by atoms with E-state index in [1.165, 1.54) is 24.3 Å². The Balaban J connectivity index is 1.75. The summed E-state index contributed by atoms with van der Waals surface area (Å²) in [7, 11) is 0. The van der Waals surface area contributed by atoms with E-state index in [4.69, 9.17) is 10.3 Å². The smallest absolute Gasteiger partial charge is 0.282 e. The highest BCUT2D eigenvalue weighted by molar-refractivity contribution is 9.10. The van der Waals surface area contributed by atoms with Crippen LogP contribution in [-0.2, 0) is 0 Å². The number of benzene rings is 2. The van der Waals surface area contributed by atoms with Crippen LogP contribution >= 0.6 is 15.9 Å². The summed E-state index contributed by atoms with van der Waals surface area (Å²) in [5, 5.41) is 11.4. The third-order valence-corrected chi connectivity index (χ3v) is 4.08. The van der Waals surface area contributed by atoms with E-state index in [-0.39, 0.29) is 34.5 Å². The predicted molar refractivity (Wildman–Crippen MR) is 92.1 cm³/mol. The van der Waals surface area contributed by atoms with E-state index in [0.717, 1.165) is 4.68 Å². The van der Waals surface area contributed by atoms with Crippen LogP contribution in [0.25, 0.3) is 28.7 Å². The maximum absolute atomic E-state index is 14.1. The van der Waals surface area contributed by atoms with Crippen molar-refractivity contribution >= 4 is 21.7 Å². The number of hydrogen-bond donors (Lipinski definition) is 1. The average Bonchev–Trinajstić information content (AvgIpc) is 3.22. The molecule has 0 aliphatic carbocycles. The Morgan fingerprint density at radius 3 is 2.65 bits per heavy atom. The Morgan fingerprint density at radius 1 is 1.08 bits per heavy atom. The lowest BCUT2D eigenvalue weighted by Crippen LogP contribution is -2.04. The van der Waals surface area contributed by atoms with E-state index in [9.17, 15) is 8.78 Å². The maximum atomic E-state index is 14.1. The summed E-state index contributed by atoms with van der Waals surface area (Å²) in [6.45, 7) is 0. The van der Waals surface area contributed by atoms with Crippen molar-refractivity contribution in [3.63, 3.8) is 0 Å². The molecule has 4 aromatic rings. The van der Waals surface area contributed by atoms with E-state index in [2.05, 4.69) is 36.4 Å². The third-order valence-electron chi connectivity index (χ3n) is 3.59. The Labute approximate surface area is 153 Å². The van der Waals surface area contributed by atoms with Gasteiger partial charge in [0.25, 0.3) is 5.89 Å². The zero-order valence-electron chi connectivity index (χ0n) is 12.9. The minimum absolute atomic E-state index is 0.00922. The number of nitrogens with two attached hydrogens (primary N) is 1. The van der Waals surface area contributed by atoms with Gasteiger partial charge in [0.2, 0.25) is 5.82 Å². The molecule has 0 aliphatic heterocycles. The first-order valence-corrected chi connectivity index (χ1v) is 8.09. The van der Waals surface area contributed by atoms with Gasteiger partial charge in [-0.3, -0.25) is 0 Å². The zero-order valence-corrected chi connectivity index (χ0v) is 14.5. The summed E-state index contributed by atoms with van der Waals surface area (Å²) in [5.41, 5.74) is 6.36. The van der Waals surface area contributed by atoms with Crippen LogP contribution in [0.4, 0.5) is 14.6 Å². The van der Waals surface area contributed by atoms with E-state index < -0.39 is 11.6 Å². The summed E-state index contributed by atoms with van der Waals surface area (Å²) < 4.78 is 34.8. The molecule has 10 heteroatoms. The molecule has 0 spiro atoms. The largest absolute Gasteiger partial charge is 0.382 e. The van der Waals surface area contributed by atoms with Crippen molar-refractivity contribution < 1.29 is 13.3 Å². The van der Waals surface area contributed by atoms with Crippen LogP contribution in [0.1, 0.15) is 0 Å². The SMILES string of the molecule is Nc1c(-c2nc(-c3ccccc3F)no2)nnn1-c1ccc(Br)cc1F. The monoisotopic (exact) mass is 418 g/mol. The quantitative estimate of drug-likeness (QED) is 0.545. The van der Waals surface area contributed by atoms with Crippen LogP contribution in [-0.4, -0.2) is 25.1 Å². The molecule has 0 aliphatic rings. The van der Waals surface area contributed by atoms with Gasteiger partial charge >= 0.3 is 0 Å². The van der Waals surface area contributed by atoms with Crippen LogP contribution in [0.3, 0.4) is 0 Å². The Morgan fingerprint density at radius 2 is 1.88 bits per heavy atom. The van der Waals surface area contributed by atoms with E-state index in [1.54, 1.807) is 18.2 Å². The predicted octanol–water partition coefficient (Wildman–Crippen LogP) is 3.61. The van der Waals surface area contributed by atoms with Crippen LogP contribution < -0.4 is 5.73 Å². The number of hydrogen-bond acceptors (Lipinski definition) is 6. The number of anilines is 1. The number of rotatable bonds is 3. The fourth-order valence-corrected chi connectivity index (χ4v) is 2.68. The van der Waals surface area contributed by atoms with Gasteiger partial charge in [0.1, 0.15) is 17.3 Å². The highest BCUT2D eigenvalue weighted by atomic mass is 79.9. The second-order valence-electron chi connectivity index (χ2n) is 5.23.